The van der Waals surface area contributed by atoms with E-state index in [0.717, 1.165) is 34.5 Å². The maximum Gasteiger partial charge on any atom is 0.410 e. The number of nitrogens with one attached hydrogen (secondary N) is 1. The van der Waals surface area contributed by atoms with Crippen molar-refractivity contribution in [2.24, 2.45) is 5.73 Å². The Hall–Kier alpha value is -3.82. The van der Waals surface area contributed by atoms with Crippen LogP contribution in [0.25, 0.3) is 22.4 Å². The lowest BCUT2D eigenvalue weighted by Crippen LogP contribution is -2.58. The largest absolute Gasteiger partial charge is 0.448 e. The van der Waals surface area contributed by atoms with Gasteiger partial charge in [0.25, 0.3) is 0 Å². The number of aromatic nitrogens is 2. The number of rotatable bonds is 5. The van der Waals surface area contributed by atoms with Crippen molar-refractivity contribution < 1.29 is 19.4 Å². The number of hydrogen-bond donors (Lipinski definition) is 3. The summed E-state index contributed by atoms with van der Waals surface area (Å²) in [7, 11) is 0. The monoisotopic (exact) mass is 557 g/mol. The molecule has 41 heavy (non-hydrogen) atoms. The van der Waals surface area contributed by atoms with Crippen molar-refractivity contribution in [3.63, 3.8) is 0 Å². The molecule has 0 radical (unpaired) electrons. The Morgan fingerprint density at radius 2 is 1.71 bits per heavy atom. The van der Waals surface area contributed by atoms with Crippen molar-refractivity contribution in [1.29, 1.82) is 0 Å². The predicted molar refractivity (Wildman–Crippen MR) is 158 cm³/mol. The molecule has 6 rings (SSSR count). The van der Waals surface area contributed by atoms with E-state index in [4.69, 9.17) is 10.5 Å². The number of hydrogen-bond acceptors (Lipinski definition) is 7. The summed E-state index contributed by atoms with van der Waals surface area (Å²) in [6.45, 7) is 4.65. The molecule has 0 unspecified atom stereocenters. The predicted octanol–water partition coefficient (Wildman–Crippen LogP) is 5.24. The molecule has 9 nitrogen and oxygen atoms in total. The van der Waals surface area contributed by atoms with E-state index in [1.807, 2.05) is 72.5 Å². The lowest BCUT2D eigenvalue weighted by atomic mass is 9.63. The second-order valence-electron chi connectivity index (χ2n) is 11.7. The Morgan fingerprint density at radius 3 is 2.29 bits per heavy atom. The van der Waals surface area contributed by atoms with Crippen molar-refractivity contribution in [1.82, 2.24) is 15.1 Å². The van der Waals surface area contributed by atoms with Gasteiger partial charge in [0, 0.05) is 29.6 Å². The van der Waals surface area contributed by atoms with E-state index in [0.29, 0.717) is 31.3 Å². The Morgan fingerprint density at radius 1 is 1.02 bits per heavy atom. The molecule has 3 aliphatic rings. The molecule has 4 N–H and O–H groups in total. The van der Waals surface area contributed by atoms with Crippen LogP contribution >= 0.6 is 0 Å². The van der Waals surface area contributed by atoms with Gasteiger partial charge in [-0.05, 0) is 49.8 Å². The third-order valence-electron chi connectivity index (χ3n) is 8.12. The number of carbonyl (C=O) groups is 2. The zero-order valence-electron chi connectivity index (χ0n) is 23.8. The van der Waals surface area contributed by atoms with E-state index in [1.165, 1.54) is 39.0 Å². The summed E-state index contributed by atoms with van der Waals surface area (Å²) in [6.07, 6.45) is 7.22. The molecule has 2 heterocycles. The second kappa shape index (κ2) is 12.0. The first-order chi connectivity index (χ1) is 19.6. The van der Waals surface area contributed by atoms with E-state index in [2.05, 4.69) is 15.5 Å². The molecule has 2 aromatic carbocycles. The summed E-state index contributed by atoms with van der Waals surface area (Å²) < 4.78 is 4.91. The van der Waals surface area contributed by atoms with Gasteiger partial charge in [-0.1, -0.05) is 73.9 Å². The van der Waals surface area contributed by atoms with Crippen molar-refractivity contribution in [2.75, 3.05) is 18.5 Å². The summed E-state index contributed by atoms with van der Waals surface area (Å²) in [6, 6.07) is 20.1. The molecule has 2 amide bonds. The first-order valence-electron chi connectivity index (χ1n) is 14.4. The van der Waals surface area contributed by atoms with Crippen LogP contribution in [0.3, 0.4) is 0 Å². The van der Waals surface area contributed by atoms with Crippen molar-refractivity contribution in [3.05, 3.63) is 66.2 Å². The molecular weight excluding hydrogens is 518 g/mol. The Balaban J connectivity index is 0.000000234. The first kappa shape index (κ1) is 28.7. The van der Waals surface area contributed by atoms with Gasteiger partial charge in [-0.15, -0.1) is 10.2 Å². The standard InChI is InChI=1S/C23H24N4O2.C9H15NO2/c1-15(28)25-20-12-19(16-6-4-3-5-7-16)21(27-26-20)17-8-10-18(11-9-17)23(24)13-22(2,29)14-23;11-9-10(6-7-12-9)8-4-2-1-3-5-8/h3-12,29H,13-14,24H2,1-2H3,(H,25,26,28);8H,1-7H2. The molecule has 3 aromatic rings. The summed E-state index contributed by atoms with van der Waals surface area (Å²) >= 11 is 0. The summed E-state index contributed by atoms with van der Waals surface area (Å²) in [5.41, 5.74) is 9.75. The zero-order valence-corrected chi connectivity index (χ0v) is 23.8. The molecule has 2 aliphatic carbocycles. The summed E-state index contributed by atoms with van der Waals surface area (Å²) in [4.78, 5) is 24.5. The fourth-order valence-corrected chi connectivity index (χ4v) is 6.29. The lowest BCUT2D eigenvalue weighted by Gasteiger charge is -2.49. The van der Waals surface area contributed by atoms with Crippen LogP contribution in [0.2, 0.25) is 0 Å². The van der Waals surface area contributed by atoms with Gasteiger partial charge < -0.3 is 25.8 Å². The van der Waals surface area contributed by atoms with E-state index < -0.39 is 11.1 Å². The van der Waals surface area contributed by atoms with Crippen LogP contribution in [-0.4, -0.2) is 57.0 Å². The lowest BCUT2D eigenvalue weighted by molar-refractivity contribution is -0.114. The number of anilines is 1. The number of carbonyl (C=O) groups excluding carboxylic acids is 2. The Kier molecular flexibility index (Phi) is 8.37. The summed E-state index contributed by atoms with van der Waals surface area (Å²) in [5, 5.41) is 21.3. The number of amides is 2. The van der Waals surface area contributed by atoms with E-state index in [1.54, 1.807) is 0 Å². The minimum Gasteiger partial charge on any atom is -0.448 e. The highest BCUT2D eigenvalue weighted by Crippen LogP contribution is 2.46. The van der Waals surface area contributed by atoms with E-state index in [9.17, 15) is 14.7 Å². The van der Waals surface area contributed by atoms with Gasteiger partial charge in [-0.2, -0.15) is 0 Å². The van der Waals surface area contributed by atoms with Crippen LogP contribution in [0, 0.1) is 0 Å². The molecule has 216 valence electrons. The van der Waals surface area contributed by atoms with Crippen LogP contribution in [-0.2, 0) is 15.1 Å². The van der Waals surface area contributed by atoms with E-state index >= 15 is 0 Å². The average Bonchev–Trinajstić information content (AvgIpc) is 3.39. The second-order valence-corrected chi connectivity index (χ2v) is 11.7. The molecular formula is C32H39N5O4. The molecule has 1 aromatic heterocycles. The first-order valence-corrected chi connectivity index (χ1v) is 14.4. The maximum absolute atomic E-state index is 11.4. The highest BCUT2D eigenvalue weighted by molar-refractivity contribution is 5.90. The number of nitrogens with two attached hydrogens (primary N) is 1. The SMILES string of the molecule is CC(=O)Nc1cc(-c2ccccc2)c(-c2ccc(C3(N)CC(C)(O)C3)cc2)nn1.O=C1OCCN1C1CCCCC1. The minimum atomic E-state index is -0.696. The van der Waals surface area contributed by atoms with Crippen molar-refractivity contribution in [3.8, 4) is 22.4 Å². The van der Waals surface area contributed by atoms with Gasteiger partial charge >= 0.3 is 6.09 Å². The van der Waals surface area contributed by atoms with Crippen LogP contribution in [0.15, 0.2) is 60.7 Å². The van der Waals surface area contributed by atoms with Crippen LogP contribution in [0.5, 0.6) is 0 Å². The van der Waals surface area contributed by atoms with Crippen LogP contribution < -0.4 is 11.1 Å². The zero-order chi connectivity index (χ0) is 29.0. The topological polar surface area (TPSA) is 131 Å². The van der Waals surface area contributed by atoms with Gasteiger partial charge in [0.15, 0.2) is 5.82 Å². The quantitative estimate of drug-likeness (QED) is 0.391. The normalized spacial score (nSPS) is 24.1. The number of ether oxygens (including phenoxy) is 1. The third-order valence-corrected chi connectivity index (χ3v) is 8.12. The smallest absolute Gasteiger partial charge is 0.410 e. The van der Waals surface area contributed by atoms with Crippen LogP contribution in [0.1, 0.15) is 64.4 Å². The summed E-state index contributed by atoms with van der Waals surface area (Å²) in [5.74, 6) is 0.217. The molecule has 1 saturated heterocycles. The minimum absolute atomic E-state index is 0.0955. The van der Waals surface area contributed by atoms with Crippen molar-refractivity contribution in [2.45, 2.75) is 76.0 Å². The molecule has 0 bridgehead atoms. The van der Waals surface area contributed by atoms with Crippen molar-refractivity contribution >= 4 is 17.8 Å². The molecule has 3 fully saturated rings. The molecule has 2 saturated carbocycles. The third kappa shape index (κ3) is 6.74. The van der Waals surface area contributed by atoms with E-state index in [-0.39, 0.29) is 12.0 Å². The van der Waals surface area contributed by atoms with Crippen LogP contribution in [0.4, 0.5) is 10.6 Å². The Labute approximate surface area is 241 Å². The highest BCUT2D eigenvalue weighted by Gasteiger charge is 2.49. The number of benzene rings is 2. The highest BCUT2D eigenvalue weighted by atomic mass is 16.6. The van der Waals surface area contributed by atoms with Gasteiger partial charge in [0.2, 0.25) is 5.91 Å². The molecule has 9 heteroatoms. The number of nitrogens with zero attached hydrogens (tertiary/aromatic N) is 3. The van der Waals surface area contributed by atoms with Gasteiger partial charge in [-0.25, -0.2) is 4.79 Å². The van der Waals surface area contributed by atoms with Gasteiger partial charge in [0.05, 0.1) is 12.1 Å². The van der Waals surface area contributed by atoms with Gasteiger partial charge in [-0.3, -0.25) is 4.79 Å². The fourth-order valence-electron chi connectivity index (χ4n) is 6.29. The Bertz CT molecular complexity index is 1360. The number of cyclic esters (lactones) is 1. The fraction of sp³-hybridized carbons (Fsp3) is 0.438. The average molecular weight is 558 g/mol. The molecule has 0 atom stereocenters. The molecule has 0 spiro atoms. The molecule has 1 aliphatic heterocycles. The van der Waals surface area contributed by atoms with Gasteiger partial charge in [0.1, 0.15) is 12.3 Å². The maximum atomic E-state index is 11.4. The number of aliphatic hydroxyl groups is 1.